The summed E-state index contributed by atoms with van der Waals surface area (Å²) in [6, 6.07) is 34.5. The molecule has 6 nitrogen and oxygen atoms in total. The second-order valence-corrected chi connectivity index (χ2v) is 9.92. The lowest BCUT2D eigenvalue weighted by Crippen LogP contribution is -2.34. The van der Waals surface area contributed by atoms with Crippen LogP contribution in [-0.2, 0) is 17.8 Å². The number of hydrogen-bond donors (Lipinski definition) is 1. The molecule has 0 aliphatic heterocycles. The lowest BCUT2D eigenvalue weighted by molar-refractivity contribution is -0.137. The first-order valence-corrected chi connectivity index (χ1v) is 14.0. The molecule has 4 aromatic rings. The first-order chi connectivity index (χ1) is 20.0. The lowest BCUT2D eigenvalue weighted by atomic mass is 9.93. The van der Waals surface area contributed by atoms with E-state index in [-0.39, 0.29) is 24.8 Å². The van der Waals surface area contributed by atoms with Crippen molar-refractivity contribution in [3.8, 4) is 11.1 Å². The largest absolute Gasteiger partial charge is 0.481 e. The van der Waals surface area contributed by atoms with Crippen molar-refractivity contribution in [3.05, 3.63) is 131 Å². The van der Waals surface area contributed by atoms with Gasteiger partial charge in [0.05, 0.1) is 6.42 Å². The number of rotatable bonds is 13. The summed E-state index contributed by atoms with van der Waals surface area (Å²) in [6.07, 6.45) is 1.35. The second kappa shape index (κ2) is 14.6. The summed E-state index contributed by atoms with van der Waals surface area (Å²) in [5.41, 5.74) is 4.51. The number of benzene rings is 4. The maximum atomic E-state index is 13.9. The van der Waals surface area contributed by atoms with E-state index >= 15 is 0 Å². The third-order valence-corrected chi connectivity index (χ3v) is 7.11. The number of hydrogen-bond acceptors (Lipinski definition) is 3. The van der Waals surface area contributed by atoms with Crippen LogP contribution in [0.4, 0.5) is 0 Å². The van der Waals surface area contributed by atoms with Crippen LogP contribution < -0.4 is 0 Å². The van der Waals surface area contributed by atoms with Crippen LogP contribution in [0.15, 0.2) is 109 Å². The summed E-state index contributed by atoms with van der Waals surface area (Å²) in [5.74, 6) is -1.30. The van der Waals surface area contributed by atoms with E-state index in [2.05, 4.69) is 0 Å². The van der Waals surface area contributed by atoms with Gasteiger partial charge in [-0.2, -0.15) is 0 Å². The summed E-state index contributed by atoms with van der Waals surface area (Å²) < 4.78 is 0. The zero-order valence-corrected chi connectivity index (χ0v) is 23.4. The van der Waals surface area contributed by atoms with Gasteiger partial charge in [0.15, 0.2) is 0 Å². The van der Waals surface area contributed by atoms with Crippen LogP contribution in [0, 0.1) is 0 Å². The molecule has 0 aliphatic carbocycles. The summed E-state index contributed by atoms with van der Waals surface area (Å²) in [6.45, 7) is 3.51. The second-order valence-electron chi connectivity index (χ2n) is 9.92. The van der Waals surface area contributed by atoms with Crippen molar-refractivity contribution in [1.29, 1.82) is 0 Å². The standard InChI is InChI=1S/C35H36N2O4/c1-2-36(26-28-16-7-4-8-17-28)34(40)31-21-11-9-19-29(31)30-20-10-12-22-32(30)35(41)37(25-23-33(38)39)24-13-18-27-14-5-3-6-15-27/h3-12,14-17,19-22H,2,13,18,23-26H2,1H3,(H,38,39). The zero-order chi connectivity index (χ0) is 29.0. The fourth-order valence-electron chi connectivity index (χ4n) is 4.94. The molecular weight excluding hydrogens is 512 g/mol. The number of carbonyl (C=O) groups excluding carboxylic acids is 2. The van der Waals surface area contributed by atoms with Gasteiger partial charge in [0.2, 0.25) is 0 Å². The van der Waals surface area contributed by atoms with Crippen molar-refractivity contribution in [2.24, 2.45) is 0 Å². The molecule has 0 heterocycles. The van der Waals surface area contributed by atoms with Crippen LogP contribution in [0.25, 0.3) is 11.1 Å². The SMILES string of the molecule is CCN(Cc1ccccc1)C(=O)c1ccccc1-c1ccccc1C(=O)N(CCCc1ccccc1)CCC(=O)O. The van der Waals surface area contributed by atoms with Crippen molar-refractivity contribution in [3.63, 3.8) is 0 Å². The molecule has 0 unspecified atom stereocenters. The Labute approximate surface area is 241 Å². The molecule has 0 aromatic heterocycles. The van der Waals surface area contributed by atoms with Crippen molar-refractivity contribution in [2.45, 2.75) is 32.7 Å². The molecule has 4 aromatic carbocycles. The molecule has 6 heteroatoms. The normalized spacial score (nSPS) is 10.7. The van der Waals surface area contributed by atoms with E-state index in [1.165, 1.54) is 5.56 Å². The zero-order valence-electron chi connectivity index (χ0n) is 23.4. The quantitative estimate of drug-likeness (QED) is 0.205. The molecule has 41 heavy (non-hydrogen) atoms. The van der Waals surface area contributed by atoms with Gasteiger partial charge in [-0.25, -0.2) is 0 Å². The molecule has 0 saturated heterocycles. The van der Waals surface area contributed by atoms with Crippen molar-refractivity contribution in [2.75, 3.05) is 19.6 Å². The Bertz CT molecular complexity index is 1450. The highest BCUT2D eigenvalue weighted by molar-refractivity contribution is 6.06. The van der Waals surface area contributed by atoms with Gasteiger partial charge in [0, 0.05) is 37.3 Å². The third-order valence-electron chi connectivity index (χ3n) is 7.11. The molecule has 210 valence electrons. The van der Waals surface area contributed by atoms with Gasteiger partial charge in [-0.3, -0.25) is 14.4 Å². The Morgan fingerprint density at radius 2 is 1.10 bits per heavy atom. The predicted octanol–water partition coefficient (Wildman–Crippen LogP) is 6.57. The van der Waals surface area contributed by atoms with E-state index in [0.29, 0.717) is 48.3 Å². The van der Waals surface area contributed by atoms with Crippen LogP contribution in [0.5, 0.6) is 0 Å². The average Bonchev–Trinajstić information content (AvgIpc) is 3.01. The summed E-state index contributed by atoms with van der Waals surface area (Å²) in [7, 11) is 0. The van der Waals surface area contributed by atoms with Gasteiger partial charge in [-0.05, 0) is 54.2 Å². The third kappa shape index (κ3) is 7.92. The number of aliphatic carboxylic acids is 1. The number of amides is 2. The minimum Gasteiger partial charge on any atom is -0.481 e. The minimum absolute atomic E-state index is 0.110. The van der Waals surface area contributed by atoms with Crippen molar-refractivity contribution < 1.29 is 19.5 Å². The van der Waals surface area contributed by atoms with Crippen LogP contribution in [0.3, 0.4) is 0 Å². The van der Waals surface area contributed by atoms with E-state index < -0.39 is 5.97 Å². The van der Waals surface area contributed by atoms with E-state index in [0.717, 1.165) is 12.0 Å². The molecule has 0 aliphatic rings. The maximum absolute atomic E-state index is 13.9. The number of carboxylic acids is 1. The molecule has 0 spiro atoms. The Hall–Kier alpha value is -4.71. The molecule has 0 radical (unpaired) electrons. The predicted molar refractivity (Wildman–Crippen MR) is 162 cm³/mol. The highest BCUT2D eigenvalue weighted by atomic mass is 16.4. The minimum atomic E-state index is -0.951. The van der Waals surface area contributed by atoms with Crippen LogP contribution >= 0.6 is 0 Å². The van der Waals surface area contributed by atoms with E-state index in [4.69, 9.17) is 0 Å². The lowest BCUT2D eigenvalue weighted by Gasteiger charge is -2.25. The number of aryl methyl sites for hydroxylation is 1. The Morgan fingerprint density at radius 1 is 0.610 bits per heavy atom. The molecule has 1 N–H and O–H groups in total. The first-order valence-electron chi connectivity index (χ1n) is 14.0. The van der Waals surface area contributed by atoms with Crippen LogP contribution in [0.2, 0.25) is 0 Å². The van der Waals surface area contributed by atoms with Crippen LogP contribution in [-0.4, -0.2) is 52.3 Å². The van der Waals surface area contributed by atoms with E-state index in [9.17, 15) is 19.5 Å². The van der Waals surface area contributed by atoms with Crippen molar-refractivity contribution >= 4 is 17.8 Å². The highest BCUT2D eigenvalue weighted by Crippen LogP contribution is 2.29. The smallest absolute Gasteiger partial charge is 0.305 e. The molecule has 2 amide bonds. The number of carboxylic acid groups (broad SMARTS) is 1. The molecule has 0 atom stereocenters. The van der Waals surface area contributed by atoms with Gasteiger partial charge >= 0.3 is 5.97 Å². The number of nitrogens with zero attached hydrogens (tertiary/aromatic N) is 2. The van der Waals surface area contributed by atoms with Gasteiger partial charge in [-0.15, -0.1) is 0 Å². The molecule has 0 bridgehead atoms. The molecular formula is C35H36N2O4. The van der Waals surface area contributed by atoms with Crippen LogP contribution in [0.1, 0.15) is 51.6 Å². The highest BCUT2D eigenvalue weighted by Gasteiger charge is 2.24. The molecule has 4 rings (SSSR count). The van der Waals surface area contributed by atoms with E-state index in [1.807, 2.05) is 97.9 Å². The van der Waals surface area contributed by atoms with E-state index in [1.54, 1.807) is 28.0 Å². The van der Waals surface area contributed by atoms with Gasteiger partial charge < -0.3 is 14.9 Å². The topological polar surface area (TPSA) is 77.9 Å². The van der Waals surface area contributed by atoms with Gasteiger partial charge in [0.1, 0.15) is 0 Å². The Morgan fingerprint density at radius 3 is 1.63 bits per heavy atom. The first kappa shape index (κ1) is 29.3. The Balaban J connectivity index is 1.62. The maximum Gasteiger partial charge on any atom is 0.305 e. The van der Waals surface area contributed by atoms with Crippen molar-refractivity contribution in [1.82, 2.24) is 9.80 Å². The summed E-state index contributed by atoms with van der Waals surface area (Å²) in [4.78, 5) is 42.6. The van der Waals surface area contributed by atoms with Gasteiger partial charge in [0.25, 0.3) is 11.8 Å². The summed E-state index contributed by atoms with van der Waals surface area (Å²) >= 11 is 0. The Kier molecular flexibility index (Phi) is 10.4. The number of carbonyl (C=O) groups is 3. The summed E-state index contributed by atoms with van der Waals surface area (Å²) in [5, 5.41) is 9.35. The monoisotopic (exact) mass is 548 g/mol. The fourth-order valence-corrected chi connectivity index (χ4v) is 4.94. The molecule has 0 saturated carbocycles. The molecule has 0 fully saturated rings. The average molecular weight is 549 g/mol. The fraction of sp³-hybridized carbons (Fsp3) is 0.229. The van der Waals surface area contributed by atoms with Gasteiger partial charge in [-0.1, -0.05) is 97.1 Å².